The summed E-state index contributed by atoms with van der Waals surface area (Å²) in [6.45, 7) is 5.77. The second kappa shape index (κ2) is 8.78. The van der Waals surface area contributed by atoms with Crippen molar-refractivity contribution in [3.8, 4) is 11.5 Å². The van der Waals surface area contributed by atoms with Gasteiger partial charge in [-0.3, -0.25) is 9.59 Å². The largest absolute Gasteiger partial charge is 0.497 e. The van der Waals surface area contributed by atoms with Gasteiger partial charge < -0.3 is 19.3 Å². The summed E-state index contributed by atoms with van der Waals surface area (Å²) in [5.41, 5.74) is 1.71. The molecule has 6 heteroatoms. The first kappa shape index (κ1) is 19.7. The summed E-state index contributed by atoms with van der Waals surface area (Å²) in [5.74, 6) is 1.32. The van der Waals surface area contributed by atoms with E-state index in [1.165, 1.54) is 0 Å². The van der Waals surface area contributed by atoms with E-state index in [0.717, 1.165) is 11.3 Å². The minimum atomic E-state index is -0.564. The summed E-state index contributed by atoms with van der Waals surface area (Å²) >= 11 is 0. The fourth-order valence-corrected chi connectivity index (χ4v) is 3.25. The van der Waals surface area contributed by atoms with Crippen LogP contribution >= 0.6 is 0 Å². The first-order valence-electron chi connectivity index (χ1n) is 9.43. The van der Waals surface area contributed by atoms with E-state index in [1.807, 2.05) is 31.2 Å². The molecular formula is C22H26N2O4. The fraction of sp³-hybridized carbons (Fsp3) is 0.364. The molecule has 148 valence electrons. The molecule has 28 heavy (non-hydrogen) atoms. The SMILES string of the molecule is COc1ccc(C(=O)N2CCN(C(=O)C(C)Oc3cccc(C)c3)CC2)cc1. The second-order valence-electron chi connectivity index (χ2n) is 6.92. The summed E-state index contributed by atoms with van der Waals surface area (Å²) in [6.07, 6.45) is -0.564. The highest BCUT2D eigenvalue weighted by molar-refractivity contribution is 5.94. The van der Waals surface area contributed by atoms with E-state index in [1.54, 1.807) is 48.1 Å². The molecular weight excluding hydrogens is 356 g/mol. The van der Waals surface area contributed by atoms with Gasteiger partial charge >= 0.3 is 0 Å². The first-order chi connectivity index (χ1) is 13.5. The zero-order valence-electron chi connectivity index (χ0n) is 16.6. The van der Waals surface area contributed by atoms with Crippen LogP contribution in [0.5, 0.6) is 11.5 Å². The van der Waals surface area contributed by atoms with Gasteiger partial charge in [0.2, 0.25) is 0 Å². The Bertz CT molecular complexity index is 827. The molecule has 0 spiro atoms. The number of methoxy groups -OCH3 is 1. The second-order valence-corrected chi connectivity index (χ2v) is 6.92. The molecule has 6 nitrogen and oxygen atoms in total. The topological polar surface area (TPSA) is 59.1 Å². The van der Waals surface area contributed by atoms with Crippen molar-refractivity contribution in [2.75, 3.05) is 33.3 Å². The van der Waals surface area contributed by atoms with Crippen molar-refractivity contribution in [3.05, 3.63) is 59.7 Å². The number of piperazine rings is 1. The van der Waals surface area contributed by atoms with Crippen LogP contribution in [-0.2, 0) is 4.79 Å². The summed E-state index contributed by atoms with van der Waals surface area (Å²) in [4.78, 5) is 28.9. The van der Waals surface area contributed by atoms with Crippen LogP contribution < -0.4 is 9.47 Å². The van der Waals surface area contributed by atoms with E-state index in [-0.39, 0.29) is 11.8 Å². The molecule has 0 saturated carbocycles. The summed E-state index contributed by atoms with van der Waals surface area (Å²) in [5, 5.41) is 0. The maximum Gasteiger partial charge on any atom is 0.263 e. The minimum absolute atomic E-state index is 0.0289. The molecule has 1 fully saturated rings. The number of amides is 2. The Labute approximate surface area is 165 Å². The summed E-state index contributed by atoms with van der Waals surface area (Å²) < 4.78 is 10.9. The monoisotopic (exact) mass is 382 g/mol. The lowest BCUT2D eigenvalue weighted by Gasteiger charge is -2.36. The van der Waals surface area contributed by atoms with Crippen molar-refractivity contribution in [2.45, 2.75) is 20.0 Å². The molecule has 1 saturated heterocycles. The van der Waals surface area contributed by atoms with Gasteiger partial charge in [-0.05, 0) is 55.8 Å². The minimum Gasteiger partial charge on any atom is -0.497 e. The number of aryl methyl sites for hydroxylation is 1. The number of hydrogen-bond acceptors (Lipinski definition) is 4. The van der Waals surface area contributed by atoms with Gasteiger partial charge in [-0.1, -0.05) is 12.1 Å². The number of rotatable bonds is 5. The number of benzene rings is 2. The lowest BCUT2D eigenvalue weighted by Crippen LogP contribution is -2.53. The third kappa shape index (κ3) is 4.63. The fourth-order valence-electron chi connectivity index (χ4n) is 3.25. The molecule has 2 aromatic carbocycles. The highest BCUT2D eigenvalue weighted by Crippen LogP contribution is 2.17. The van der Waals surface area contributed by atoms with E-state index in [2.05, 4.69) is 0 Å². The van der Waals surface area contributed by atoms with Crippen molar-refractivity contribution in [1.29, 1.82) is 0 Å². The molecule has 1 aliphatic heterocycles. The Hall–Kier alpha value is -3.02. The zero-order valence-corrected chi connectivity index (χ0v) is 16.6. The molecule has 3 rings (SSSR count). The van der Waals surface area contributed by atoms with Gasteiger partial charge in [-0.15, -0.1) is 0 Å². The van der Waals surface area contributed by atoms with E-state index in [4.69, 9.17) is 9.47 Å². The van der Waals surface area contributed by atoms with Gasteiger partial charge in [0.05, 0.1) is 7.11 Å². The standard InChI is InChI=1S/C22H26N2O4/c1-16-5-4-6-20(15-16)28-17(2)21(25)23-11-13-24(14-12-23)22(26)18-7-9-19(27-3)10-8-18/h4-10,15,17H,11-14H2,1-3H3. The maximum absolute atomic E-state index is 12.7. The van der Waals surface area contributed by atoms with Crippen molar-refractivity contribution in [1.82, 2.24) is 9.80 Å². The van der Waals surface area contributed by atoms with Crippen LogP contribution in [0.4, 0.5) is 0 Å². The van der Waals surface area contributed by atoms with Crippen molar-refractivity contribution < 1.29 is 19.1 Å². The Morgan fingerprint density at radius 3 is 2.18 bits per heavy atom. The number of carbonyl (C=O) groups is 2. The number of nitrogens with zero attached hydrogens (tertiary/aromatic N) is 2. The van der Waals surface area contributed by atoms with Crippen LogP contribution in [-0.4, -0.2) is 61.0 Å². The normalized spacial score (nSPS) is 15.1. The van der Waals surface area contributed by atoms with Gasteiger partial charge in [0, 0.05) is 31.7 Å². The van der Waals surface area contributed by atoms with E-state index < -0.39 is 6.10 Å². The van der Waals surface area contributed by atoms with Crippen molar-refractivity contribution in [2.24, 2.45) is 0 Å². The molecule has 0 bridgehead atoms. The van der Waals surface area contributed by atoms with Crippen LogP contribution in [0.1, 0.15) is 22.8 Å². The lowest BCUT2D eigenvalue weighted by molar-refractivity contribution is -0.139. The predicted octanol–water partition coefficient (Wildman–Crippen LogP) is 2.76. The maximum atomic E-state index is 12.7. The van der Waals surface area contributed by atoms with Crippen molar-refractivity contribution in [3.63, 3.8) is 0 Å². The van der Waals surface area contributed by atoms with E-state index >= 15 is 0 Å². The lowest BCUT2D eigenvalue weighted by atomic mass is 10.1. The Morgan fingerprint density at radius 2 is 1.57 bits per heavy atom. The third-order valence-electron chi connectivity index (χ3n) is 4.87. The smallest absolute Gasteiger partial charge is 0.263 e. The van der Waals surface area contributed by atoms with Crippen LogP contribution in [0.25, 0.3) is 0 Å². The number of carbonyl (C=O) groups excluding carboxylic acids is 2. The van der Waals surface area contributed by atoms with Crippen LogP contribution in [0, 0.1) is 6.92 Å². The average Bonchev–Trinajstić information content (AvgIpc) is 2.73. The summed E-state index contributed by atoms with van der Waals surface area (Å²) in [6, 6.07) is 14.7. The highest BCUT2D eigenvalue weighted by atomic mass is 16.5. The van der Waals surface area contributed by atoms with Crippen LogP contribution in [0.3, 0.4) is 0 Å². The van der Waals surface area contributed by atoms with Crippen LogP contribution in [0.15, 0.2) is 48.5 Å². The highest BCUT2D eigenvalue weighted by Gasteiger charge is 2.28. The molecule has 0 aromatic heterocycles. The van der Waals surface area contributed by atoms with Gasteiger partial charge in [0.25, 0.3) is 11.8 Å². The Balaban J connectivity index is 1.53. The first-order valence-corrected chi connectivity index (χ1v) is 9.43. The van der Waals surface area contributed by atoms with E-state index in [0.29, 0.717) is 37.5 Å². The Kier molecular flexibility index (Phi) is 6.19. The molecule has 0 aliphatic carbocycles. The molecule has 1 aliphatic rings. The number of hydrogen-bond donors (Lipinski definition) is 0. The summed E-state index contributed by atoms with van der Waals surface area (Å²) in [7, 11) is 1.59. The zero-order chi connectivity index (χ0) is 20.1. The molecule has 0 radical (unpaired) electrons. The quantitative estimate of drug-likeness (QED) is 0.798. The van der Waals surface area contributed by atoms with Gasteiger partial charge in [-0.25, -0.2) is 0 Å². The Morgan fingerprint density at radius 1 is 0.929 bits per heavy atom. The molecule has 1 heterocycles. The van der Waals surface area contributed by atoms with E-state index in [9.17, 15) is 9.59 Å². The molecule has 0 N–H and O–H groups in total. The average molecular weight is 382 g/mol. The van der Waals surface area contributed by atoms with Gasteiger partial charge in [0.1, 0.15) is 11.5 Å². The third-order valence-corrected chi connectivity index (χ3v) is 4.87. The van der Waals surface area contributed by atoms with Gasteiger partial charge in [0.15, 0.2) is 6.10 Å². The molecule has 1 unspecified atom stereocenters. The van der Waals surface area contributed by atoms with Crippen LogP contribution in [0.2, 0.25) is 0 Å². The molecule has 2 amide bonds. The van der Waals surface area contributed by atoms with Gasteiger partial charge in [-0.2, -0.15) is 0 Å². The number of ether oxygens (including phenoxy) is 2. The van der Waals surface area contributed by atoms with Crippen molar-refractivity contribution >= 4 is 11.8 Å². The predicted molar refractivity (Wildman–Crippen MR) is 107 cm³/mol. The molecule has 1 atom stereocenters. The molecule has 2 aromatic rings.